The van der Waals surface area contributed by atoms with Crippen molar-refractivity contribution < 1.29 is 0 Å². The van der Waals surface area contributed by atoms with E-state index in [-0.39, 0.29) is 0 Å². The van der Waals surface area contributed by atoms with Crippen LogP contribution in [-0.2, 0) is 5.75 Å². The largest absolute Gasteiger partial charge is 0.399 e. The first kappa shape index (κ1) is 10.4. The summed E-state index contributed by atoms with van der Waals surface area (Å²) < 4.78 is 0.997. The van der Waals surface area contributed by atoms with Crippen LogP contribution in [0.4, 0.5) is 5.69 Å². The molecule has 15 heavy (non-hydrogen) atoms. The van der Waals surface area contributed by atoms with Crippen LogP contribution in [0.3, 0.4) is 0 Å². The fraction of sp³-hybridized carbons (Fsp3) is 0.200. The Kier molecular flexibility index (Phi) is 3.23. The number of rotatable bonds is 3. The molecule has 0 amide bonds. The van der Waals surface area contributed by atoms with Crippen LogP contribution in [0, 0.1) is 6.92 Å². The van der Waals surface area contributed by atoms with Crippen LogP contribution in [0.1, 0.15) is 11.1 Å². The van der Waals surface area contributed by atoms with Crippen LogP contribution in [0.5, 0.6) is 0 Å². The van der Waals surface area contributed by atoms with Crippen molar-refractivity contribution in [2.45, 2.75) is 17.0 Å². The Bertz CT molecular complexity index is 440. The number of benzene rings is 1. The van der Waals surface area contributed by atoms with Gasteiger partial charge in [0.2, 0.25) is 0 Å². The highest BCUT2D eigenvalue weighted by atomic mass is 32.2. The lowest BCUT2D eigenvalue weighted by atomic mass is 10.1. The van der Waals surface area contributed by atoms with Gasteiger partial charge in [-0.3, -0.25) is 0 Å². The summed E-state index contributed by atoms with van der Waals surface area (Å²) in [6.07, 6.45) is 0. The van der Waals surface area contributed by atoms with Crippen molar-refractivity contribution >= 4 is 28.8 Å². The molecule has 0 bridgehead atoms. The van der Waals surface area contributed by atoms with Crippen LogP contribution in [-0.4, -0.2) is 10.2 Å². The minimum atomic E-state index is 0.852. The van der Waals surface area contributed by atoms with E-state index in [9.17, 15) is 0 Å². The van der Waals surface area contributed by atoms with E-state index < -0.39 is 0 Å². The fourth-order valence-corrected chi connectivity index (χ4v) is 2.78. The maximum Gasteiger partial charge on any atom is 0.174 e. The second kappa shape index (κ2) is 4.63. The number of hydrogen-bond donors (Lipinski definition) is 1. The average molecular weight is 237 g/mol. The van der Waals surface area contributed by atoms with Gasteiger partial charge in [-0.2, -0.15) is 0 Å². The third-order valence-electron chi connectivity index (χ3n) is 2.18. The summed E-state index contributed by atoms with van der Waals surface area (Å²) in [5, 5.41) is 7.78. The van der Waals surface area contributed by atoms with Gasteiger partial charge in [0.1, 0.15) is 5.51 Å². The van der Waals surface area contributed by atoms with Crippen LogP contribution < -0.4 is 5.73 Å². The molecule has 1 aromatic heterocycles. The summed E-state index contributed by atoms with van der Waals surface area (Å²) in [4.78, 5) is 0. The van der Waals surface area contributed by atoms with Gasteiger partial charge in [-0.15, -0.1) is 10.2 Å². The van der Waals surface area contributed by atoms with E-state index in [1.807, 2.05) is 19.1 Å². The molecule has 2 aromatic rings. The number of nitrogen functional groups attached to an aromatic ring is 1. The van der Waals surface area contributed by atoms with Gasteiger partial charge < -0.3 is 5.73 Å². The molecule has 78 valence electrons. The van der Waals surface area contributed by atoms with E-state index in [4.69, 9.17) is 5.73 Å². The average Bonchev–Trinajstić information content (AvgIpc) is 2.73. The summed E-state index contributed by atoms with van der Waals surface area (Å²) in [5.41, 5.74) is 10.9. The standard InChI is InChI=1S/C10H11N3S2/c1-7-8(3-2-4-9(7)11)5-14-10-13-12-6-15-10/h2-4,6H,5,11H2,1H3. The monoisotopic (exact) mass is 237 g/mol. The maximum absolute atomic E-state index is 5.83. The van der Waals surface area contributed by atoms with Gasteiger partial charge in [-0.25, -0.2) is 0 Å². The van der Waals surface area contributed by atoms with Crippen molar-refractivity contribution in [3.63, 3.8) is 0 Å². The van der Waals surface area contributed by atoms with E-state index in [1.54, 1.807) is 28.6 Å². The fourth-order valence-electron chi connectivity index (χ4n) is 1.23. The molecule has 0 fully saturated rings. The predicted molar refractivity (Wildman–Crippen MR) is 65.1 cm³/mol. The van der Waals surface area contributed by atoms with Gasteiger partial charge in [-0.1, -0.05) is 35.2 Å². The van der Waals surface area contributed by atoms with E-state index in [0.717, 1.165) is 21.3 Å². The van der Waals surface area contributed by atoms with Crippen LogP contribution >= 0.6 is 23.1 Å². The summed E-state index contributed by atoms with van der Waals surface area (Å²) in [6.45, 7) is 2.05. The number of hydrogen-bond acceptors (Lipinski definition) is 5. The molecule has 0 aliphatic heterocycles. The second-order valence-electron chi connectivity index (χ2n) is 3.12. The van der Waals surface area contributed by atoms with Crippen LogP contribution in [0.2, 0.25) is 0 Å². The zero-order valence-corrected chi connectivity index (χ0v) is 9.94. The highest BCUT2D eigenvalue weighted by molar-refractivity contribution is 8.00. The van der Waals surface area contributed by atoms with Crippen molar-refractivity contribution in [1.82, 2.24) is 10.2 Å². The minimum Gasteiger partial charge on any atom is -0.399 e. The van der Waals surface area contributed by atoms with E-state index in [2.05, 4.69) is 16.3 Å². The van der Waals surface area contributed by atoms with Gasteiger partial charge in [0.05, 0.1) is 0 Å². The van der Waals surface area contributed by atoms with E-state index >= 15 is 0 Å². The molecule has 2 N–H and O–H groups in total. The summed E-state index contributed by atoms with van der Waals surface area (Å²) in [5.74, 6) is 0.895. The summed E-state index contributed by atoms with van der Waals surface area (Å²) in [6, 6.07) is 6.01. The SMILES string of the molecule is Cc1c(N)cccc1CSc1nncs1. The Hall–Kier alpha value is -1.07. The number of aromatic nitrogens is 2. The minimum absolute atomic E-state index is 0.852. The van der Waals surface area contributed by atoms with Crippen LogP contribution in [0.15, 0.2) is 28.0 Å². The number of thioether (sulfide) groups is 1. The van der Waals surface area contributed by atoms with Gasteiger partial charge in [0, 0.05) is 11.4 Å². The summed E-state index contributed by atoms with van der Waals surface area (Å²) >= 11 is 3.25. The van der Waals surface area contributed by atoms with Crippen LogP contribution in [0.25, 0.3) is 0 Å². The molecular formula is C10H11N3S2. The molecule has 0 aliphatic carbocycles. The first-order chi connectivity index (χ1) is 7.27. The number of nitrogens with zero attached hydrogens (tertiary/aromatic N) is 2. The highest BCUT2D eigenvalue weighted by Crippen LogP contribution is 2.26. The van der Waals surface area contributed by atoms with Gasteiger partial charge in [0.15, 0.2) is 4.34 Å². The molecule has 1 heterocycles. The van der Waals surface area contributed by atoms with Crippen molar-refractivity contribution in [1.29, 1.82) is 0 Å². The second-order valence-corrected chi connectivity index (χ2v) is 5.18. The zero-order chi connectivity index (χ0) is 10.7. The Morgan fingerprint density at radius 1 is 1.47 bits per heavy atom. The first-order valence-electron chi connectivity index (χ1n) is 4.50. The van der Waals surface area contributed by atoms with Gasteiger partial charge in [-0.05, 0) is 24.1 Å². The van der Waals surface area contributed by atoms with Crippen molar-refractivity contribution in [2.24, 2.45) is 0 Å². The lowest BCUT2D eigenvalue weighted by Crippen LogP contribution is -1.93. The molecular weight excluding hydrogens is 226 g/mol. The Balaban J connectivity index is 2.08. The quantitative estimate of drug-likeness (QED) is 0.658. The molecule has 0 radical (unpaired) electrons. The molecule has 0 saturated heterocycles. The van der Waals surface area contributed by atoms with E-state index in [1.165, 1.54) is 5.56 Å². The normalized spacial score (nSPS) is 10.5. The zero-order valence-electron chi connectivity index (χ0n) is 8.30. The molecule has 0 spiro atoms. The lowest BCUT2D eigenvalue weighted by molar-refractivity contribution is 1.01. The number of nitrogens with two attached hydrogens (primary N) is 1. The highest BCUT2D eigenvalue weighted by Gasteiger charge is 2.03. The van der Waals surface area contributed by atoms with Gasteiger partial charge >= 0.3 is 0 Å². The smallest absolute Gasteiger partial charge is 0.174 e. The lowest BCUT2D eigenvalue weighted by Gasteiger charge is -2.06. The molecule has 0 unspecified atom stereocenters. The molecule has 2 rings (SSSR count). The van der Waals surface area contributed by atoms with Gasteiger partial charge in [0.25, 0.3) is 0 Å². The molecule has 3 nitrogen and oxygen atoms in total. The van der Waals surface area contributed by atoms with E-state index in [0.29, 0.717) is 0 Å². The van der Waals surface area contributed by atoms with Crippen molar-refractivity contribution in [3.8, 4) is 0 Å². The molecule has 1 aromatic carbocycles. The van der Waals surface area contributed by atoms with Crippen molar-refractivity contribution in [2.75, 3.05) is 5.73 Å². The maximum atomic E-state index is 5.83. The topological polar surface area (TPSA) is 51.8 Å². The first-order valence-corrected chi connectivity index (χ1v) is 6.37. The third-order valence-corrected chi connectivity index (χ3v) is 4.09. The Morgan fingerprint density at radius 2 is 2.33 bits per heavy atom. The third kappa shape index (κ3) is 2.49. The molecule has 0 aliphatic rings. The molecule has 0 atom stereocenters. The molecule has 0 saturated carbocycles. The Morgan fingerprint density at radius 3 is 3.07 bits per heavy atom. The predicted octanol–water partition coefficient (Wildman–Crippen LogP) is 2.72. The van der Waals surface area contributed by atoms with Crippen molar-refractivity contribution in [3.05, 3.63) is 34.8 Å². The summed E-state index contributed by atoms with van der Waals surface area (Å²) in [7, 11) is 0. The molecule has 5 heteroatoms. The Labute approximate surface area is 96.7 Å². The number of anilines is 1.